The van der Waals surface area contributed by atoms with Gasteiger partial charge in [-0.2, -0.15) is 9.78 Å². The molecule has 0 aliphatic rings. The lowest BCUT2D eigenvalue weighted by molar-refractivity contribution is 0.808. The van der Waals surface area contributed by atoms with Crippen molar-refractivity contribution in [3.63, 3.8) is 0 Å². The van der Waals surface area contributed by atoms with Gasteiger partial charge in [-0.3, -0.25) is 4.79 Å². The number of benzene rings is 1. The summed E-state index contributed by atoms with van der Waals surface area (Å²) in [4.78, 5) is 11.8. The lowest BCUT2D eigenvalue weighted by Gasteiger charge is -2.07. The molecule has 0 bridgehead atoms. The minimum atomic E-state index is -0.552. The summed E-state index contributed by atoms with van der Waals surface area (Å²) >= 11 is 23.0. The Morgan fingerprint density at radius 1 is 1.06 bits per heavy atom. The SMILES string of the molecule is O=c1c(Cl)c(Cl)c(Cl)nn1-c1cccc(Cl)c1. The quantitative estimate of drug-likeness (QED) is 0.802. The van der Waals surface area contributed by atoms with Gasteiger partial charge in [0.05, 0.1) is 5.69 Å². The average Bonchev–Trinajstić information content (AvgIpc) is 2.31. The van der Waals surface area contributed by atoms with Crippen LogP contribution in [0.3, 0.4) is 0 Å². The topological polar surface area (TPSA) is 34.9 Å². The molecule has 0 unspecified atom stereocenters. The Kier molecular flexibility index (Phi) is 3.64. The molecule has 3 nitrogen and oxygen atoms in total. The molecule has 0 N–H and O–H groups in total. The maximum Gasteiger partial charge on any atom is 0.291 e. The van der Waals surface area contributed by atoms with E-state index in [1.807, 2.05) is 0 Å². The predicted octanol–water partition coefficient (Wildman–Crippen LogP) is 3.85. The molecule has 0 amide bonds. The first-order valence-corrected chi connectivity index (χ1v) is 5.91. The minimum absolute atomic E-state index is 0.0451. The Bertz CT molecular complexity index is 639. The van der Waals surface area contributed by atoms with Gasteiger partial charge in [0.15, 0.2) is 5.15 Å². The van der Waals surface area contributed by atoms with Gasteiger partial charge in [-0.1, -0.05) is 52.5 Å². The second kappa shape index (κ2) is 4.86. The van der Waals surface area contributed by atoms with Crippen molar-refractivity contribution >= 4 is 46.4 Å². The highest BCUT2D eigenvalue weighted by molar-refractivity contribution is 6.47. The fourth-order valence-corrected chi connectivity index (χ4v) is 1.93. The summed E-state index contributed by atoms with van der Waals surface area (Å²) in [5, 5.41) is 4.03. The largest absolute Gasteiger partial charge is 0.291 e. The molecule has 2 aromatic rings. The van der Waals surface area contributed by atoms with E-state index in [2.05, 4.69) is 5.10 Å². The number of nitrogens with zero attached hydrogens (tertiary/aromatic N) is 2. The highest BCUT2D eigenvalue weighted by Crippen LogP contribution is 2.25. The average molecular weight is 310 g/mol. The van der Waals surface area contributed by atoms with E-state index in [0.29, 0.717) is 10.7 Å². The molecule has 1 heterocycles. The third kappa shape index (κ3) is 2.43. The fraction of sp³-hybridized carbons (Fsp3) is 0. The Morgan fingerprint density at radius 3 is 2.41 bits per heavy atom. The molecule has 0 spiro atoms. The van der Waals surface area contributed by atoms with Crippen molar-refractivity contribution < 1.29 is 0 Å². The third-order valence-corrected chi connectivity index (χ3v) is 3.41. The van der Waals surface area contributed by atoms with Gasteiger partial charge >= 0.3 is 0 Å². The van der Waals surface area contributed by atoms with Crippen molar-refractivity contribution in [1.82, 2.24) is 9.78 Å². The van der Waals surface area contributed by atoms with Crippen LogP contribution in [0.25, 0.3) is 5.69 Å². The van der Waals surface area contributed by atoms with Crippen molar-refractivity contribution in [2.24, 2.45) is 0 Å². The molecule has 0 fully saturated rings. The van der Waals surface area contributed by atoms with Gasteiger partial charge in [0.25, 0.3) is 5.56 Å². The zero-order chi connectivity index (χ0) is 12.6. The van der Waals surface area contributed by atoms with Gasteiger partial charge in [0, 0.05) is 5.02 Å². The maximum atomic E-state index is 11.8. The summed E-state index contributed by atoms with van der Waals surface area (Å²) < 4.78 is 1.04. The molecule has 0 saturated carbocycles. The third-order valence-electron chi connectivity index (χ3n) is 1.99. The van der Waals surface area contributed by atoms with Crippen molar-refractivity contribution in [2.45, 2.75) is 0 Å². The van der Waals surface area contributed by atoms with E-state index < -0.39 is 5.56 Å². The van der Waals surface area contributed by atoms with Crippen LogP contribution in [0.5, 0.6) is 0 Å². The van der Waals surface area contributed by atoms with Crippen LogP contribution in [0.2, 0.25) is 20.2 Å². The summed E-state index contributed by atoms with van der Waals surface area (Å²) in [5.74, 6) is 0. The molecule has 0 saturated heterocycles. The molecule has 2 rings (SSSR count). The monoisotopic (exact) mass is 308 g/mol. The summed E-state index contributed by atoms with van der Waals surface area (Å²) in [6.45, 7) is 0. The molecule has 17 heavy (non-hydrogen) atoms. The fourth-order valence-electron chi connectivity index (χ4n) is 1.24. The molecule has 7 heteroatoms. The van der Waals surface area contributed by atoms with Crippen LogP contribution in [0.15, 0.2) is 29.1 Å². The van der Waals surface area contributed by atoms with Crippen molar-refractivity contribution in [3.05, 3.63) is 54.8 Å². The molecule has 88 valence electrons. The zero-order valence-electron chi connectivity index (χ0n) is 8.12. The molecular formula is C10H4Cl4N2O. The van der Waals surface area contributed by atoms with E-state index in [0.717, 1.165) is 4.68 Å². The Morgan fingerprint density at radius 2 is 1.76 bits per heavy atom. The zero-order valence-corrected chi connectivity index (χ0v) is 11.1. The van der Waals surface area contributed by atoms with Gasteiger partial charge in [-0.05, 0) is 18.2 Å². The van der Waals surface area contributed by atoms with E-state index in [1.54, 1.807) is 24.3 Å². The smallest absolute Gasteiger partial charge is 0.266 e. The van der Waals surface area contributed by atoms with Crippen LogP contribution < -0.4 is 5.56 Å². The van der Waals surface area contributed by atoms with Gasteiger partial charge in [0.2, 0.25) is 0 Å². The Balaban J connectivity index is 2.73. The first-order chi connectivity index (χ1) is 8.00. The number of halogens is 4. The second-order valence-corrected chi connectivity index (χ2v) is 4.67. The Hall–Kier alpha value is -0.740. The van der Waals surface area contributed by atoms with Crippen molar-refractivity contribution in [3.8, 4) is 5.69 Å². The highest BCUT2D eigenvalue weighted by Gasteiger charge is 2.13. The van der Waals surface area contributed by atoms with Crippen molar-refractivity contribution in [1.29, 1.82) is 0 Å². The van der Waals surface area contributed by atoms with Crippen LogP contribution in [-0.4, -0.2) is 9.78 Å². The molecular weight excluding hydrogens is 306 g/mol. The summed E-state index contributed by atoms with van der Waals surface area (Å²) in [6.07, 6.45) is 0. The van der Waals surface area contributed by atoms with Gasteiger partial charge in [0.1, 0.15) is 10.0 Å². The molecule has 1 aromatic carbocycles. The van der Waals surface area contributed by atoms with Crippen LogP contribution >= 0.6 is 46.4 Å². The van der Waals surface area contributed by atoms with E-state index in [4.69, 9.17) is 46.4 Å². The number of rotatable bonds is 1. The predicted molar refractivity (Wildman–Crippen MR) is 69.9 cm³/mol. The van der Waals surface area contributed by atoms with Gasteiger partial charge < -0.3 is 0 Å². The maximum absolute atomic E-state index is 11.8. The minimum Gasteiger partial charge on any atom is -0.266 e. The molecule has 1 aromatic heterocycles. The highest BCUT2D eigenvalue weighted by atomic mass is 35.5. The standard InChI is InChI=1S/C10H4Cl4N2O/c11-5-2-1-3-6(4-5)16-10(17)8(13)7(12)9(14)15-16/h1-4H. The van der Waals surface area contributed by atoms with Crippen LogP contribution in [0, 0.1) is 0 Å². The van der Waals surface area contributed by atoms with Crippen molar-refractivity contribution in [2.75, 3.05) is 0 Å². The summed E-state index contributed by atoms with van der Waals surface area (Å²) in [6, 6.07) is 6.58. The molecule has 0 radical (unpaired) electrons. The van der Waals surface area contributed by atoms with Crippen LogP contribution in [-0.2, 0) is 0 Å². The number of hydrogen-bond donors (Lipinski definition) is 0. The number of aromatic nitrogens is 2. The molecule has 0 atom stereocenters. The second-order valence-electron chi connectivity index (χ2n) is 3.12. The summed E-state index contributed by atoms with van der Waals surface area (Å²) in [7, 11) is 0. The van der Waals surface area contributed by atoms with E-state index in [-0.39, 0.29) is 15.2 Å². The van der Waals surface area contributed by atoms with Crippen LogP contribution in [0.1, 0.15) is 0 Å². The van der Waals surface area contributed by atoms with E-state index >= 15 is 0 Å². The lowest BCUT2D eigenvalue weighted by Crippen LogP contribution is -2.22. The lowest BCUT2D eigenvalue weighted by atomic mass is 10.3. The first-order valence-electron chi connectivity index (χ1n) is 4.40. The van der Waals surface area contributed by atoms with E-state index in [1.165, 1.54) is 0 Å². The van der Waals surface area contributed by atoms with Crippen LogP contribution in [0.4, 0.5) is 0 Å². The van der Waals surface area contributed by atoms with Gasteiger partial charge in [-0.15, -0.1) is 0 Å². The summed E-state index contributed by atoms with van der Waals surface area (Å²) in [5.41, 5.74) is -0.0914. The van der Waals surface area contributed by atoms with Gasteiger partial charge in [-0.25, -0.2) is 0 Å². The molecule has 0 aliphatic carbocycles. The normalized spacial score (nSPS) is 10.6. The Labute approximate surface area is 116 Å². The first kappa shape index (κ1) is 12.7. The molecule has 0 aliphatic heterocycles. The van der Waals surface area contributed by atoms with E-state index in [9.17, 15) is 4.79 Å². The number of hydrogen-bond acceptors (Lipinski definition) is 2.